The summed E-state index contributed by atoms with van der Waals surface area (Å²) in [5.74, 6) is 0.380. The molecule has 0 saturated heterocycles. The van der Waals surface area contributed by atoms with Crippen molar-refractivity contribution in [3.63, 3.8) is 0 Å². The maximum absolute atomic E-state index is 11.6. The van der Waals surface area contributed by atoms with Gasteiger partial charge < -0.3 is 10.1 Å². The molecule has 88 valence electrons. The second-order valence-corrected chi connectivity index (χ2v) is 4.26. The number of hydrogen-bond donors (Lipinski definition) is 1. The molecular formula is C12H16ClNO2. The Kier molecular flexibility index (Phi) is 4.62. The van der Waals surface area contributed by atoms with Crippen LogP contribution < -0.4 is 10.1 Å². The van der Waals surface area contributed by atoms with E-state index < -0.39 is 6.10 Å². The van der Waals surface area contributed by atoms with Crippen molar-refractivity contribution in [1.82, 2.24) is 5.32 Å². The van der Waals surface area contributed by atoms with Crippen LogP contribution >= 0.6 is 11.6 Å². The summed E-state index contributed by atoms with van der Waals surface area (Å²) in [6, 6.07) is 7.19. The summed E-state index contributed by atoms with van der Waals surface area (Å²) < 4.78 is 5.46. The fourth-order valence-corrected chi connectivity index (χ4v) is 1.37. The Morgan fingerprint density at radius 2 is 1.94 bits per heavy atom. The number of carbonyl (C=O) groups is 1. The van der Waals surface area contributed by atoms with E-state index in [1.807, 2.05) is 26.0 Å². The molecule has 0 aliphatic rings. The predicted molar refractivity (Wildman–Crippen MR) is 64.8 cm³/mol. The number of benzene rings is 1. The van der Waals surface area contributed by atoms with Crippen LogP contribution in [0.3, 0.4) is 0 Å². The maximum Gasteiger partial charge on any atom is 0.260 e. The van der Waals surface area contributed by atoms with Crippen molar-refractivity contribution in [2.24, 2.45) is 0 Å². The molecule has 1 rings (SSSR count). The van der Waals surface area contributed by atoms with Gasteiger partial charge in [0.15, 0.2) is 6.10 Å². The Morgan fingerprint density at radius 1 is 1.31 bits per heavy atom. The van der Waals surface area contributed by atoms with Gasteiger partial charge >= 0.3 is 0 Å². The first-order chi connectivity index (χ1) is 7.50. The summed E-state index contributed by atoms with van der Waals surface area (Å²) in [6.07, 6.45) is -0.553. The molecule has 1 aromatic rings. The highest BCUT2D eigenvalue weighted by Crippen LogP contribution is 2.24. The van der Waals surface area contributed by atoms with Crippen molar-refractivity contribution in [2.45, 2.75) is 32.9 Å². The van der Waals surface area contributed by atoms with Gasteiger partial charge in [-0.2, -0.15) is 0 Å². The standard InChI is InChI=1S/C12H16ClNO2/c1-8(2)14-12(15)9(3)16-11-7-5-4-6-10(11)13/h4-9H,1-3H3,(H,14,15)/t9-/m0/s1. The molecule has 0 heterocycles. The molecule has 3 nitrogen and oxygen atoms in total. The Balaban J connectivity index is 2.61. The van der Waals surface area contributed by atoms with E-state index >= 15 is 0 Å². The second kappa shape index (κ2) is 5.75. The quantitative estimate of drug-likeness (QED) is 0.880. The molecule has 1 amide bonds. The summed E-state index contributed by atoms with van der Waals surface area (Å²) in [5, 5.41) is 3.28. The summed E-state index contributed by atoms with van der Waals surface area (Å²) in [7, 11) is 0. The molecule has 0 aliphatic heterocycles. The highest BCUT2D eigenvalue weighted by molar-refractivity contribution is 6.32. The average Bonchev–Trinajstić information content (AvgIpc) is 2.20. The minimum Gasteiger partial charge on any atom is -0.479 e. The smallest absolute Gasteiger partial charge is 0.260 e. The third-order valence-corrected chi connectivity index (χ3v) is 2.25. The van der Waals surface area contributed by atoms with E-state index in [9.17, 15) is 4.79 Å². The molecule has 0 saturated carbocycles. The number of amides is 1. The minimum absolute atomic E-state index is 0.102. The Morgan fingerprint density at radius 3 is 2.50 bits per heavy atom. The molecule has 16 heavy (non-hydrogen) atoms. The van der Waals surface area contributed by atoms with E-state index in [0.717, 1.165) is 0 Å². The monoisotopic (exact) mass is 241 g/mol. The molecule has 1 aromatic carbocycles. The largest absolute Gasteiger partial charge is 0.479 e. The number of rotatable bonds is 4. The lowest BCUT2D eigenvalue weighted by Crippen LogP contribution is -2.40. The zero-order valence-electron chi connectivity index (χ0n) is 9.66. The number of halogens is 1. The van der Waals surface area contributed by atoms with Crippen LogP contribution in [-0.2, 0) is 4.79 Å². The van der Waals surface area contributed by atoms with Crippen LogP contribution in [0.5, 0.6) is 5.75 Å². The number of hydrogen-bond acceptors (Lipinski definition) is 2. The first-order valence-electron chi connectivity index (χ1n) is 5.22. The van der Waals surface area contributed by atoms with E-state index in [0.29, 0.717) is 10.8 Å². The van der Waals surface area contributed by atoms with E-state index in [-0.39, 0.29) is 11.9 Å². The fraction of sp³-hybridized carbons (Fsp3) is 0.417. The third-order valence-electron chi connectivity index (χ3n) is 1.94. The molecule has 0 bridgehead atoms. The Bertz CT molecular complexity index is 366. The molecule has 0 radical (unpaired) electrons. The van der Waals surface area contributed by atoms with Gasteiger partial charge in [-0.15, -0.1) is 0 Å². The predicted octanol–water partition coefficient (Wildman–Crippen LogP) is 2.63. The van der Waals surface area contributed by atoms with Crippen LogP contribution in [0, 0.1) is 0 Å². The van der Waals surface area contributed by atoms with Gasteiger partial charge in [-0.25, -0.2) is 0 Å². The lowest BCUT2D eigenvalue weighted by atomic mass is 10.3. The topological polar surface area (TPSA) is 38.3 Å². The first-order valence-corrected chi connectivity index (χ1v) is 5.60. The van der Waals surface area contributed by atoms with Crippen LogP contribution in [0.1, 0.15) is 20.8 Å². The summed E-state index contributed by atoms with van der Waals surface area (Å²) in [6.45, 7) is 5.50. The normalized spacial score (nSPS) is 12.3. The highest BCUT2D eigenvalue weighted by atomic mass is 35.5. The van der Waals surface area contributed by atoms with Crippen molar-refractivity contribution in [2.75, 3.05) is 0 Å². The van der Waals surface area contributed by atoms with Gasteiger partial charge in [-0.1, -0.05) is 23.7 Å². The van der Waals surface area contributed by atoms with Crippen molar-refractivity contribution < 1.29 is 9.53 Å². The van der Waals surface area contributed by atoms with Gasteiger partial charge in [0, 0.05) is 6.04 Å². The molecule has 0 spiro atoms. The van der Waals surface area contributed by atoms with Gasteiger partial charge in [0.1, 0.15) is 5.75 Å². The van der Waals surface area contributed by atoms with Crippen molar-refractivity contribution in [3.05, 3.63) is 29.3 Å². The third kappa shape index (κ3) is 3.74. The SMILES string of the molecule is CC(C)NC(=O)[C@H](C)Oc1ccccc1Cl. The number of para-hydroxylation sites is 1. The Labute approximate surface area is 101 Å². The zero-order chi connectivity index (χ0) is 12.1. The van der Waals surface area contributed by atoms with Crippen molar-refractivity contribution in [3.8, 4) is 5.75 Å². The van der Waals surface area contributed by atoms with Gasteiger partial charge in [0.25, 0.3) is 5.91 Å². The van der Waals surface area contributed by atoms with Crippen molar-refractivity contribution >= 4 is 17.5 Å². The second-order valence-electron chi connectivity index (χ2n) is 3.85. The van der Waals surface area contributed by atoms with Crippen molar-refractivity contribution in [1.29, 1.82) is 0 Å². The van der Waals surface area contributed by atoms with Crippen LogP contribution in [0.4, 0.5) is 0 Å². The van der Waals surface area contributed by atoms with E-state index in [2.05, 4.69) is 5.32 Å². The van der Waals surface area contributed by atoms with Crippen LogP contribution in [0.25, 0.3) is 0 Å². The van der Waals surface area contributed by atoms with Gasteiger partial charge in [0.2, 0.25) is 0 Å². The van der Waals surface area contributed by atoms with Crippen LogP contribution in [0.15, 0.2) is 24.3 Å². The summed E-state index contributed by atoms with van der Waals surface area (Å²) in [5.41, 5.74) is 0. The van der Waals surface area contributed by atoms with E-state index in [4.69, 9.17) is 16.3 Å². The molecule has 0 aromatic heterocycles. The first kappa shape index (κ1) is 12.8. The molecule has 0 aliphatic carbocycles. The molecule has 1 N–H and O–H groups in total. The summed E-state index contributed by atoms with van der Waals surface area (Å²) >= 11 is 5.92. The van der Waals surface area contributed by atoms with Gasteiger partial charge in [0.05, 0.1) is 5.02 Å². The highest BCUT2D eigenvalue weighted by Gasteiger charge is 2.16. The molecule has 0 unspecified atom stereocenters. The minimum atomic E-state index is -0.553. The maximum atomic E-state index is 11.6. The van der Waals surface area contributed by atoms with E-state index in [1.165, 1.54) is 0 Å². The van der Waals surface area contributed by atoms with Crippen LogP contribution in [0.2, 0.25) is 5.02 Å². The molecule has 1 atom stereocenters. The van der Waals surface area contributed by atoms with Gasteiger partial charge in [-0.05, 0) is 32.9 Å². The lowest BCUT2D eigenvalue weighted by molar-refractivity contribution is -0.127. The zero-order valence-corrected chi connectivity index (χ0v) is 10.4. The fourth-order valence-electron chi connectivity index (χ4n) is 1.19. The van der Waals surface area contributed by atoms with Crippen LogP contribution in [-0.4, -0.2) is 18.1 Å². The van der Waals surface area contributed by atoms with E-state index in [1.54, 1.807) is 19.1 Å². The Hall–Kier alpha value is -1.22. The number of ether oxygens (including phenoxy) is 1. The average molecular weight is 242 g/mol. The number of carbonyl (C=O) groups excluding carboxylic acids is 1. The molecule has 4 heteroatoms. The number of nitrogens with one attached hydrogen (secondary N) is 1. The molecular weight excluding hydrogens is 226 g/mol. The summed E-state index contributed by atoms with van der Waals surface area (Å²) in [4.78, 5) is 11.6. The molecule has 0 fully saturated rings. The lowest BCUT2D eigenvalue weighted by Gasteiger charge is -2.16. The van der Waals surface area contributed by atoms with Gasteiger partial charge in [-0.3, -0.25) is 4.79 Å².